The number of H-pyrrole nitrogens is 1. The number of allylic oxidation sites excluding steroid dienone is 6. The number of carbonyl (C=O) groups excluding carboxylic acids is 8. The zero-order valence-corrected chi connectivity index (χ0v) is 80.7. The maximum atomic E-state index is 14.9. The van der Waals surface area contributed by atoms with E-state index in [1.54, 1.807) is 73.6 Å². The Morgan fingerprint density at radius 3 is 2.14 bits per heavy atom. The van der Waals surface area contributed by atoms with Crippen molar-refractivity contribution in [2.45, 2.75) is 213 Å². The van der Waals surface area contributed by atoms with Crippen LogP contribution in [0.3, 0.4) is 0 Å². The summed E-state index contributed by atoms with van der Waals surface area (Å²) in [6.45, 7) is 19.6. The molecule has 0 unspecified atom stereocenters. The fourth-order valence-corrected chi connectivity index (χ4v) is 19.0. The number of nitrogens with one attached hydrogen (secondary N) is 2. The SMILES string of the molecule is CO[C@H]1C[C@@H]2CC[C@@H](C)[C@@](O)(O2)C(=O)C(=O)N2CCCC[C@H]2C(=O)O[C@H]([C@H](C)C[C@@H]2CC[C@@H](OC(=O)N(C)Cc3cnc(N4CCN(c5ncc(C(=O)NCCOCCOCCOCCOCCC(=O)N6CCc7cc(Cn8nc(-c9cnc%10[nH]ccc%10c9)c9c(N)ncnc98)ccc7C6)cn5)CC4)nc3)[C@H](OC)C2)CC(=O)[C@H](C)/C=C(\C)[C@@H](O)[C@@H](OC)C(=O)[C@H](C)C[C@H](C)/C=C/C=C/C=C/1C. The zero-order chi connectivity index (χ0) is 97.4. The second-order valence-corrected chi connectivity index (χ2v) is 37.2. The molecule has 740 valence electrons. The van der Waals surface area contributed by atoms with E-state index in [0.29, 0.717) is 194 Å². The number of cyclic esters (lactones) is 1. The van der Waals surface area contributed by atoms with E-state index in [0.717, 1.165) is 39.7 Å². The Bertz CT molecular complexity index is 5390. The summed E-state index contributed by atoms with van der Waals surface area (Å²) >= 11 is 0. The molecule has 4 fully saturated rings. The molecule has 7 aromatic rings. The normalized spacial score (nSPS) is 26.5. The first-order chi connectivity index (χ1) is 66.1. The van der Waals surface area contributed by atoms with Crippen LogP contribution in [0.2, 0.25) is 0 Å². The third kappa shape index (κ3) is 27.0. The number of nitrogen functional groups attached to an aromatic ring is 1. The van der Waals surface area contributed by atoms with E-state index in [1.807, 2.05) is 88.9 Å². The molecule has 2 bridgehead atoms. The Balaban J connectivity index is 0.499. The summed E-state index contributed by atoms with van der Waals surface area (Å²) in [4.78, 5) is 156. The number of hydrogen-bond donors (Lipinski definition) is 5. The summed E-state index contributed by atoms with van der Waals surface area (Å²) < 4.78 is 61.0. The number of ketones is 3. The van der Waals surface area contributed by atoms with Gasteiger partial charge < -0.3 is 98.1 Å². The minimum Gasteiger partial charge on any atom is -0.460 e. The van der Waals surface area contributed by atoms with Gasteiger partial charge in [-0.25, -0.2) is 49.2 Å². The first-order valence-electron chi connectivity index (χ1n) is 48.0. The number of esters is 1. The molecule has 13 rings (SSSR count). The number of pyridine rings is 1. The largest absolute Gasteiger partial charge is 0.460 e. The molecular formula is C100H135N17O20. The Morgan fingerprint density at radius 1 is 0.723 bits per heavy atom. The van der Waals surface area contributed by atoms with Crippen molar-refractivity contribution in [3.63, 3.8) is 0 Å². The van der Waals surface area contributed by atoms with Crippen LogP contribution in [0.15, 0.2) is 121 Å². The van der Waals surface area contributed by atoms with E-state index in [1.165, 1.54) is 41.2 Å². The van der Waals surface area contributed by atoms with Gasteiger partial charge in [-0.05, 0) is 142 Å². The van der Waals surface area contributed by atoms with Gasteiger partial charge in [0, 0.05) is 165 Å². The first kappa shape index (κ1) is 103. The molecule has 6 aromatic heterocycles. The molecule has 37 heteroatoms. The number of carbonyl (C=O) groups is 8. The molecule has 1 saturated carbocycles. The Labute approximate surface area is 799 Å². The van der Waals surface area contributed by atoms with Crippen molar-refractivity contribution < 1.29 is 95.9 Å². The summed E-state index contributed by atoms with van der Waals surface area (Å²) in [7, 11) is 6.13. The second kappa shape index (κ2) is 49.3. The van der Waals surface area contributed by atoms with Crippen LogP contribution in [0.5, 0.6) is 0 Å². The third-order valence-corrected chi connectivity index (χ3v) is 27.2. The van der Waals surface area contributed by atoms with Crippen molar-refractivity contribution in [3.8, 4) is 11.3 Å². The summed E-state index contributed by atoms with van der Waals surface area (Å²) in [5, 5.41) is 33.3. The monoisotopic (exact) mass is 1890 g/mol. The zero-order valence-electron chi connectivity index (χ0n) is 80.7. The summed E-state index contributed by atoms with van der Waals surface area (Å²) in [5.74, 6) is -7.73. The van der Waals surface area contributed by atoms with E-state index in [9.17, 15) is 48.6 Å². The van der Waals surface area contributed by atoms with Crippen LogP contribution in [-0.2, 0) is 102 Å². The van der Waals surface area contributed by atoms with Gasteiger partial charge in [-0.3, -0.25) is 28.8 Å². The number of fused-ring (bicyclic) bond motifs is 6. The molecule has 1 aliphatic carbocycles. The molecule has 11 heterocycles. The summed E-state index contributed by atoms with van der Waals surface area (Å²) in [6, 6.07) is 9.10. The molecule has 3 saturated heterocycles. The van der Waals surface area contributed by atoms with Gasteiger partial charge in [0.1, 0.15) is 59.7 Å². The number of rotatable bonds is 30. The van der Waals surface area contributed by atoms with Crippen molar-refractivity contribution in [1.29, 1.82) is 0 Å². The average Bonchev–Trinajstić information content (AvgIpc) is 0.997. The number of piperidine rings is 1. The summed E-state index contributed by atoms with van der Waals surface area (Å²) in [6.07, 6.45) is 21.6. The molecule has 6 N–H and O–H groups in total. The van der Waals surface area contributed by atoms with Crippen molar-refractivity contribution in [3.05, 3.63) is 149 Å². The van der Waals surface area contributed by atoms with E-state index >= 15 is 0 Å². The van der Waals surface area contributed by atoms with Gasteiger partial charge in [0.05, 0.1) is 102 Å². The topological polar surface area (TPSA) is 447 Å². The number of nitrogens with zero attached hydrogens (tertiary/aromatic N) is 14. The number of aliphatic hydroxyl groups is 2. The van der Waals surface area contributed by atoms with Gasteiger partial charge >= 0.3 is 12.1 Å². The Hall–Kier alpha value is -11.3. The van der Waals surface area contributed by atoms with Crippen molar-refractivity contribution in [2.24, 2.45) is 35.5 Å². The van der Waals surface area contributed by atoms with Crippen LogP contribution in [-0.4, -0.2) is 303 Å². The lowest BCUT2D eigenvalue weighted by Gasteiger charge is -2.42. The number of aromatic nitrogens is 10. The van der Waals surface area contributed by atoms with E-state index in [2.05, 4.69) is 63.4 Å². The lowest BCUT2D eigenvalue weighted by molar-refractivity contribution is -0.265. The number of benzene rings is 1. The van der Waals surface area contributed by atoms with Crippen molar-refractivity contribution >= 4 is 86.9 Å². The van der Waals surface area contributed by atoms with Crippen LogP contribution in [0.4, 0.5) is 22.5 Å². The molecule has 6 aliphatic rings. The molecule has 137 heavy (non-hydrogen) atoms. The van der Waals surface area contributed by atoms with E-state index in [-0.39, 0.29) is 93.7 Å². The van der Waals surface area contributed by atoms with E-state index < -0.39 is 102 Å². The number of piperazine rings is 1. The number of methoxy groups -OCH3 is 3. The van der Waals surface area contributed by atoms with Crippen LogP contribution in [0, 0.1) is 35.5 Å². The quantitative estimate of drug-likeness (QED) is 0.0121. The highest BCUT2D eigenvalue weighted by atomic mass is 16.6. The standard InChI is InChI=1S/C100H135N17O20/c1-62-17-13-12-14-18-63(2)81(128-9)51-77-24-20-68(7)100(127,137-77)90(122)95(124)116-31-16-15-19-78(116)96(125)135-82(52-79(118)64(3)46-67(6)88(121)89(130-11)87(120)66(5)45-62)65(4)47-69-22-25-80(83(49-69)129-10)136-99(126)112(8)58-71-53-105-97(106-54-71)113-33-35-114(36-34-113)98-107-56-76(57-108-98)94(123)103-30-38-132-40-42-134-44-43-133-41-39-131-37-28-84(119)115-32-27-72-48-70(21-23-74(72)60-115)59-117-93-85(91(101)109-61-110-93)86(111-117)75-50-73-26-29-102-92(73)104-55-75/h12-14,17-18,21,23,26,29,46,48,50,53-57,61-62,64-66,68-69,77-78,80-83,88-89,121,127H,15-16,19-20,22,24-25,27-28,30-45,47,49,51-52,58-60H2,1-11H3,(H,102,104)(H,103,123)(H2,101,109,110)/b14-12+,17-13+,63-18+,67-46+/t62-,64-,65-,66-,68-,69+,77+,78+,80-,81+,82+,83-,88-,89+,100-/m1/s1. The molecule has 5 aliphatic heterocycles. The highest BCUT2D eigenvalue weighted by Gasteiger charge is 2.53. The van der Waals surface area contributed by atoms with Gasteiger partial charge in [-0.15, -0.1) is 0 Å². The molecule has 0 radical (unpaired) electrons. The van der Waals surface area contributed by atoms with Crippen LogP contribution in [0.1, 0.15) is 165 Å². The van der Waals surface area contributed by atoms with Gasteiger partial charge in [0.2, 0.25) is 23.6 Å². The summed E-state index contributed by atoms with van der Waals surface area (Å²) in [5.41, 5.74) is 14.8. The predicted octanol–water partition coefficient (Wildman–Crippen LogP) is 9.45. The number of aliphatic hydroxyl groups excluding tert-OH is 1. The second-order valence-electron chi connectivity index (χ2n) is 37.2. The van der Waals surface area contributed by atoms with Gasteiger partial charge in [-0.1, -0.05) is 89.3 Å². The highest BCUT2D eigenvalue weighted by Crippen LogP contribution is 2.40. The van der Waals surface area contributed by atoms with Crippen LogP contribution >= 0.6 is 0 Å². The van der Waals surface area contributed by atoms with Gasteiger partial charge in [0.25, 0.3) is 17.6 Å². The lowest BCUT2D eigenvalue weighted by atomic mass is 9.78. The number of anilines is 3. The molecule has 1 aromatic carbocycles. The van der Waals surface area contributed by atoms with Gasteiger partial charge in [0.15, 0.2) is 11.4 Å². The minimum absolute atomic E-state index is 0.0261. The van der Waals surface area contributed by atoms with Gasteiger partial charge in [-0.2, -0.15) is 5.10 Å². The maximum absolute atomic E-state index is 14.9. The predicted molar refractivity (Wildman–Crippen MR) is 509 cm³/mol. The van der Waals surface area contributed by atoms with Crippen molar-refractivity contribution in [1.82, 2.24) is 69.7 Å². The number of amides is 4. The molecular weight excluding hydrogens is 1760 g/mol. The fraction of sp³-hybridized carbons (Fsp3) is 0.580. The van der Waals surface area contributed by atoms with Crippen molar-refractivity contribution in [2.75, 3.05) is 143 Å². The molecule has 0 spiro atoms. The Kier molecular flexibility index (Phi) is 37.1. The molecule has 15 atom stereocenters. The smallest absolute Gasteiger partial charge is 0.410 e. The maximum Gasteiger partial charge on any atom is 0.410 e. The third-order valence-electron chi connectivity index (χ3n) is 27.2. The fourth-order valence-electron chi connectivity index (χ4n) is 19.0. The van der Waals surface area contributed by atoms with E-state index in [4.69, 9.17) is 58.2 Å². The number of hydrogen-bond acceptors (Lipinski definition) is 31. The number of aromatic amines is 1. The minimum atomic E-state index is -2.49. The molecule has 37 nitrogen and oxygen atoms in total. The first-order valence-corrected chi connectivity index (χ1v) is 48.0. The Morgan fingerprint density at radius 2 is 1.43 bits per heavy atom. The number of nitrogens with two attached hydrogens (primary N) is 1. The number of ether oxygens (including phenoxy) is 10. The van der Waals surface area contributed by atoms with Crippen LogP contribution < -0.4 is 20.9 Å². The lowest BCUT2D eigenvalue weighted by Crippen LogP contribution is -2.61. The average molecular weight is 1900 g/mol. The van der Waals surface area contributed by atoms with Crippen LogP contribution in [0.25, 0.3) is 33.3 Å². The highest BCUT2D eigenvalue weighted by molar-refractivity contribution is 6.39. The number of Topliss-reactive ketones (excluding diaryl/α,β-unsaturated/α-hetero) is 3. The molecule has 4 amide bonds.